The van der Waals surface area contributed by atoms with Crippen LogP contribution in [0.15, 0.2) is 24.3 Å². The molecule has 1 unspecified atom stereocenters. The van der Waals surface area contributed by atoms with Crippen molar-refractivity contribution >= 4 is 11.6 Å². The van der Waals surface area contributed by atoms with Crippen LogP contribution in [0, 0.1) is 0 Å². The molecule has 0 bridgehead atoms. The van der Waals surface area contributed by atoms with E-state index in [1.807, 2.05) is 12.1 Å². The van der Waals surface area contributed by atoms with Crippen LogP contribution >= 0.6 is 11.6 Å². The van der Waals surface area contributed by atoms with Crippen LogP contribution in [0.25, 0.3) is 0 Å². The lowest BCUT2D eigenvalue weighted by atomic mass is 10.3. The van der Waals surface area contributed by atoms with Gasteiger partial charge in [0.15, 0.2) is 0 Å². The van der Waals surface area contributed by atoms with Crippen LogP contribution in [0.1, 0.15) is 20.3 Å². The van der Waals surface area contributed by atoms with Gasteiger partial charge in [-0.1, -0.05) is 17.7 Å². The Morgan fingerprint density at radius 1 is 1.38 bits per heavy atom. The predicted molar refractivity (Wildman–Crippen MR) is 88.2 cm³/mol. The highest BCUT2D eigenvalue weighted by molar-refractivity contribution is 6.30. The SMILES string of the molecule is CC(C)N(C)CCCNCC(O)COc1cccc(Cl)c1. The molecule has 0 spiro atoms. The number of benzene rings is 1. The van der Waals surface area contributed by atoms with Gasteiger partial charge in [-0.15, -0.1) is 0 Å². The molecule has 5 heteroatoms. The number of aliphatic hydroxyl groups is 1. The molecule has 0 amide bonds. The second-order valence-electron chi connectivity index (χ2n) is 5.55. The highest BCUT2D eigenvalue weighted by Crippen LogP contribution is 2.17. The Balaban J connectivity index is 2.07. The van der Waals surface area contributed by atoms with Gasteiger partial charge in [0, 0.05) is 17.6 Å². The average molecular weight is 315 g/mol. The molecule has 4 nitrogen and oxygen atoms in total. The molecule has 0 aliphatic carbocycles. The second kappa shape index (κ2) is 10.0. The van der Waals surface area contributed by atoms with E-state index >= 15 is 0 Å². The van der Waals surface area contributed by atoms with E-state index in [1.165, 1.54) is 0 Å². The lowest BCUT2D eigenvalue weighted by Crippen LogP contribution is -2.34. The molecule has 0 aliphatic rings. The number of nitrogens with zero attached hydrogens (tertiary/aromatic N) is 1. The second-order valence-corrected chi connectivity index (χ2v) is 5.99. The highest BCUT2D eigenvalue weighted by Gasteiger charge is 2.06. The largest absolute Gasteiger partial charge is 0.491 e. The summed E-state index contributed by atoms with van der Waals surface area (Å²) in [6.45, 7) is 7.12. The Morgan fingerprint density at radius 2 is 2.14 bits per heavy atom. The zero-order valence-corrected chi connectivity index (χ0v) is 13.9. The molecule has 0 saturated carbocycles. The van der Waals surface area contributed by atoms with Crippen molar-refractivity contribution in [1.82, 2.24) is 10.2 Å². The molecule has 0 heterocycles. The van der Waals surface area contributed by atoms with Crippen molar-refractivity contribution in [2.45, 2.75) is 32.4 Å². The Labute approximate surface area is 133 Å². The quantitative estimate of drug-likeness (QED) is 0.651. The fourth-order valence-corrected chi connectivity index (χ4v) is 1.97. The zero-order valence-electron chi connectivity index (χ0n) is 13.2. The van der Waals surface area contributed by atoms with Gasteiger partial charge in [-0.05, 0) is 58.6 Å². The van der Waals surface area contributed by atoms with Gasteiger partial charge in [-0.2, -0.15) is 0 Å². The van der Waals surface area contributed by atoms with E-state index in [4.69, 9.17) is 16.3 Å². The molecule has 0 radical (unpaired) electrons. The van der Waals surface area contributed by atoms with Crippen molar-refractivity contribution in [1.29, 1.82) is 0 Å². The molecular formula is C16H27ClN2O2. The Hall–Kier alpha value is -0.810. The summed E-state index contributed by atoms with van der Waals surface area (Å²) < 4.78 is 5.49. The van der Waals surface area contributed by atoms with Crippen molar-refractivity contribution in [3.63, 3.8) is 0 Å². The van der Waals surface area contributed by atoms with Gasteiger partial charge in [0.2, 0.25) is 0 Å². The third-order valence-electron chi connectivity index (χ3n) is 3.36. The number of ether oxygens (including phenoxy) is 1. The molecule has 1 aromatic rings. The van der Waals surface area contributed by atoms with Gasteiger partial charge in [0.25, 0.3) is 0 Å². The number of halogens is 1. The highest BCUT2D eigenvalue weighted by atomic mass is 35.5. The summed E-state index contributed by atoms with van der Waals surface area (Å²) in [4.78, 5) is 2.31. The van der Waals surface area contributed by atoms with Gasteiger partial charge in [-0.3, -0.25) is 0 Å². The van der Waals surface area contributed by atoms with Gasteiger partial charge < -0.3 is 20.1 Å². The van der Waals surface area contributed by atoms with Crippen LogP contribution in [-0.4, -0.2) is 55.4 Å². The Bertz CT molecular complexity index is 402. The summed E-state index contributed by atoms with van der Waals surface area (Å²) >= 11 is 5.87. The van der Waals surface area contributed by atoms with E-state index in [0.29, 0.717) is 23.4 Å². The molecule has 0 saturated heterocycles. The van der Waals surface area contributed by atoms with E-state index in [9.17, 15) is 5.11 Å². The van der Waals surface area contributed by atoms with Crippen LogP contribution in [0.2, 0.25) is 5.02 Å². The molecule has 0 fully saturated rings. The third-order valence-corrected chi connectivity index (χ3v) is 3.60. The third kappa shape index (κ3) is 8.27. The van der Waals surface area contributed by atoms with Gasteiger partial charge in [-0.25, -0.2) is 0 Å². The molecule has 1 atom stereocenters. The number of nitrogens with one attached hydrogen (secondary N) is 1. The van der Waals surface area contributed by atoms with Crippen LogP contribution in [0.3, 0.4) is 0 Å². The smallest absolute Gasteiger partial charge is 0.120 e. The first kappa shape index (κ1) is 18.2. The maximum Gasteiger partial charge on any atom is 0.120 e. The molecule has 1 aromatic carbocycles. The van der Waals surface area contributed by atoms with Crippen LogP contribution < -0.4 is 10.1 Å². The Morgan fingerprint density at radius 3 is 2.81 bits per heavy atom. The van der Waals surface area contributed by atoms with Crippen molar-refractivity contribution in [3.8, 4) is 5.75 Å². The van der Waals surface area contributed by atoms with E-state index in [-0.39, 0.29) is 6.61 Å². The average Bonchev–Trinajstić information content (AvgIpc) is 2.44. The van der Waals surface area contributed by atoms with Crippen molar-refractivity contribution < 1.29 is 9.84 Å². The van der Waals surface area contributed by atoms with Gasteiger partial charge in [0.05, 0.1) is 0 Å². The molecular weight excluding hydrogens is 288 g/mol. The number of rotatable bonds is 10. The number of hydrogen-bond donors (Lipinski definition) is 2. The molecule has 2 N–H and O–H groups in total. The topological polar surface area (TPSA) is 44.7 Å². The fourth-order valence-electron chi connectivity index (χ4n) is 1.79. The minimum atomic E-state index is -0.521. The van der Waals surface area contributed by atoms with Crippen molar-refractivity contribution in [2.75, 3.05) is 33.3 Å². The first-order valence-corrected chi connectivity index (χ1v) is 7.84. The molecule has 1 rings (SSSR count). The normalized spacial score (nSPS) is 12.9. The Kier molecular flexibility index (Phi) is 8.69. The zero-order chi connectivity index (χ0) is 15.7. The van der Waals surface area contributed by atoms with E-state index in [1.54, 1.807) is 12.1 Å². The van der Waals surface area contributed by atoms with Crippen molar-refractivity contribution in [3.05, 3.63) is 29.3 Å². The maximum absolute atomic E-state index is 9.85. The van der Waals surface area contributed by atoms with E-state index < -0.39 is 6.10 Å². The summed E-state index contributed by atoms with van der Waals surface area (Å²) in [7, 11) is 2.12. The lowest BCUT2D eigenvalue weighted by molar-refractivity contribution is 0.106. The first-order valence-electron chi connectivity index (χ1n) is 7.46. The monoisotopic (exact) mass is 314 g/mol. The van der Waals surface area contributed by atoms with Gasteiger partial charge in [0.1, 0.15) is 18.5 Å². The fraction of sp³-hybridized carbons (Fsp3) is 0.625. The minimum absolute atomic E-state index is 0.263. The summed E-state index contributed by atoms with van der Waals surface area (Å²) in [5.74, 6) is 0.681. The summed E-state index contributed by atoms with van der Waals surface area (Å²) in [6, 6.07) is 7.76. The lowest BCUT2D eigenvalue weighted by Gasteiger charge is -2.21. The van der Waals surface area contributed by atoms with Crippen LogP contribution in [0.4, 0.5) is 0 Å². The summed E-state index contributed by atoms with van der Waals surface area (Å²) in [6.07, 6.45) is 0.545. The van der Waals surface area contributed by atoms with Gasteiger partial charge >= 0.3 is 0 Å². The standard InChI is InChI=1S/C16H27ClN2O2/c1-13(2)19(3)9-5-8-18-11-15(20)12-21-16-7-4-6-14(17)10-16/h4,6-7,10,13,15,18,20H,5,8-9,11-12H2,1-3H3. The maximum atomic E-state index is 9.85. The van der Waals surface area contributed by atoms with Crippen LogP contribution in [-0.2, 0) is 0 Å². The first-order chi connectivity index (χ1) is 9.99. The molecule has 0 aliphatic heterocycles. The van der Waals surface area contributed by atoms with Crippen LogP contribution in [0.5, 0.6) is 5.75 Å². The molecule has 120 valence electrons. The number of hydrogen-bond acceptors (Lipinski definition) is 4. The molecule has 0 aromatic heterocycles. The molecule has 21 heavy (non-hydrogen) atoms. The van der Waals surface area contributed by atoms with Crippen molar-refractivity contribution in [2.24, 2.45) is 0 Å². The minimum Gasteiger partial charge on any atom is -0.491 e. The summed E-state index contributed by atoms with van der Waals surface area (Å²) in [5, 5.41) is 13.7. The van der Waals surface area contributed by atoms with E-state index in [2.05, 4.69) is 31.1 Å². The predicted octanol–water partition coefficient (Wildman–Crippen LogP) is 2.40. The summed E-state index contributed by atoms with van der Waals surface area (Å²) in [5.41, 5.74) is 0. The van der Waals surface area contributed by atoms with E-state index in [0.717, 1.165) is 19.5 Å². The number of aliphatic hydroxyl groups excluding tert-OH is 1.